The van der Waals surface area contributed by atoms with Gasteiger partial charge in [0.05, 0.1) is 12.8 Å². The van der Waals surface area contributed by atoms with Crippen LogP contribution in [0.3, 0.4) is 0 Å². The van der Waals surface area contributed by atoms with Crippen molar-refractivity contribution >= 4 is 11.7 Å². The number of aromatic nitrogens is 2. The van der Waals surface area contributed by atoms with Gasteiger partial charge in [0.25, 0.3) is 0 Å². The number of piperidine rings is 1. The summed E-state index contributed by atoms with van der Waals surface area (Å²) in [5.74, 6) is 2.95. The number of hydrogen-bond acceptors (Lipinski definition) is 6. The second-order valence-corrected chi connectivity index (χ2v) is 7.99. The number of aryl methyl sites for hydroxylation is 1. The number of methoxy groups -OCH3 is 1. The van der Waals surface area contributed by atoms with E-state index in [1.807, 2.05) is 61.3 Å². The quantitative estimate of drug-likeness (QED) is 0.720. The fraction of sp³-hybridized carbons (Fsp3) is 0.522. The molecule has 2 heterocycles. The zero-order valence-corrected chi connectivity index (χ0v) is 18.5. The van der Waals surface area contributed by atoms with Crippen molar-refractivity contribution in [2.45, 2.75) is 38.1 Å². The van der Waals surface area contributed by atoms with Gasteiger partial charge >= 0.3 is 0 Å². The van der Waals surface area contributed by atoms with Crippen molar-refractivity contribution in [3.63, 3.8) is 0 Å². The van der Waals surface area contributed by atoms with Crippen LogP contribution in [-0.4, -0.2) is 62.1 Å². The maximum Gasteiger partial charge on any atom is 0.222 e. The third-order valence-corrected chi connectivity index (χ3v) is 5.54. The van der Waals surface area contributed by atoms with Crippen LogP contribution in [-0.2, 0) is 17.8 Å². The molecule has 7 heteroatoms. The summed E-state index contributed by atoms with van der Waals surface area (Å²) in [4.78, 5) is 26.5. The summed E-state index contributed by atoms with van der Waals surface area (Å²) in [6.07, 6.45) is 3.15. The minimum absolute atomic E-state index is 0.171. The largest absolute Gasteiger partial charge is 0.496 e. The Bertz CT molecular complexity index is 855. The molecule has 162 valence electrons. The van der Waals surface area contributed by atoms with E-state index in [4.69, 9.17) is 14.7 Å². The first kappa shape index (κ1) is 22.0. The molecule has 0 spiro atoms. The first-order valence-corrected chi connectivity index (χ1v) is 10.6. The molecule has 0 saturated carbocycles. The van der Waals surface area contributed by atoms with Gasteiger partial charge in [-0.1, -0.05) is 18.2 Å². The Morgan fingerprint density at radius 3 is 2.83 bits per heavy atom. The van der Waals surface area contributed by atoms with Gasteiger partial charge in [-0.3, -0.25) is 4.79 Å². The first-order chi connectivity index (χ1) is 14.5. The molecule has 30 heavy (non-hydrogen) atoms. The van der Waals surface area contributed by atoms with Gasteiger partial charge in [0, 0.05) is 52.1 Å². The highest BCUT2D eigenvalue weighted by Crippen LogP contribution is 2.27. The number of anilines is 1. The lowest BCUT2D eigenvalue weighted by Gasteiger charge is -2.32. The molecule has 0 aliphatic carbocycles. The number of nitrogens with zero attached hydrogens (tertiary/aromatic N) is 4. The van der Waals surface area contributed by atoms with Crippen LogP contribution >= 0.6 is 0 Å². The number of benzene rings is 1. The lowest BCUT2D eigenvalue weighted by atomic mass is 9.96. The number of para-hydroxylation sites is 1. The van der Waals surface area contributed by atoms with Crippen LogP contribution in [0.1, 0.15) is 42.3 Å². The molecule has 2 aromatic rings. The van der Waals surface area contributed by atoms with Crippen LogP contribution in [0.25, 0.3) is 0 Å². The Kier molecular flexibility index (Phi) is 7.63. The van der Waals surface area contributed by atoms with E-state index in [2.05, 4.69) is 5.32 Å². The highest BCUT2D eigenvalue weighted by Gasteiger charge is 2.27. The maximum absolute atomic E-state index is 12.9. The summed E-state index contributed by atoms with van der Waals surface area (Å²) in [7, 11) is 7.56. The van der Waals surface area contributed by atoms with E-state index in [-0.39, 0.29) is 11.8 Å². The Balaban J connectivity index is 1.68. The predicted octanol–water partition coefficient (Wildman–Crippen LogP) is 2.61. The van der Waals surface area contributed by atoms with Crippen LogP contribution in [0.15, 0.2) is 30.3 Å². The highest BCUT2D eigenvalue weighted by molar-refractivity contribution is 5.76. The van der Waals surface area contributed by atoms with Crippen molar-refractivity contribution in [2.75, 3.05) is 46.2 Å². The second-order valence-electron chi connectivity index (χ2n) is 7.99. The molecule has 1 N–H and O–H groups in total. The molecular formula is C23H33N5O2. The molecular weight excluding hydrogens is 378 g/mol. The van der Waals surface area contributed by atoms with Crippen LogP contribution in [0.2, 0.25) is 0 Å². The topological polar surface area (TPSA) is 70.6 Å². The van der Waals surface area contributed by atoms with Gasteiger partial charge in [-0.05, 0) is 37.9 Å². The van der Waals surface area contributed by atoms with Crippen LogP contribution in [0.4, 0.5) is 5.82 Å². The second kappa shape index (κ2) is 10.4. The molecule has 1 aromatic heterocycles. The zero-order valence-electron chi connectivity index (χ0n) is 18.5. The third-order valence-electron chi connectivity index (χ3n) is 5.54. The number of rotatable bonds is 8. The number of likely N-dealkylation sites (tertiary alicyclic amines) is 1. The van der Waals surface area contributed by atoms with Gasteiger partial charge in [0.2, 0.25) is 5.91 Å². The predicted molar refractivity (Wildman–Crippen MR) is 119 cm³/mol. The van der Waals surface area contributed by atoms with E-state index in [1.165, 1.54) is 0 Å². The minimum Gasteiger partial charge on any atom is -0.496 e. The molecule has 1 aliphatic rings. The smallest absolute Gasteiger partial charge is 0.222 e. The summed E-state index contributed by atoms with van der Waals surface area (Å²) in [5, 5.41) is 3.17. The molecule has 1 aromatic carbocycles. The summed E-state index contributed by atoms with van der Waals surface area (Å²) in [5.41, 5.74) is 2.05. The summed E-state index contributed by atoms with van der Waals surface area (Å²) in [6, 6.07) is 9.91. The molecule has 0 unspecified atom stereocenters. The van der Waals surface area contributed by atoms with Gasteiger partial charge < -0.3 is 19.9 Å². The van der Waals surface area contributed by atoms with Gasteiger partial charge in [0.1, 0.15) is 17.4 Å². The van der Waals surface area contributed by atoms with Crippen molar-refractivity contribution in [1.82, 2.24) is 20.2 Å². The summed E-state index contributed by atoms with van der Waals surface area (Å²) >= 11 is 0. The van der Waals surface area contributed by atoms with Gasteiger partial charge in [0.15, 0.2) is 0 Å². The Morgan fingerprint density at radius 2 is 2.10 bits per heavy atom. The normalized spacial score (nSPS) is 16.4. The monoisotopic (exact) mass is 411 g/mol. The SMILES string of the molecule is CNCc1cc(N(C)C)nc([C@H]2CCCN(C(=O)CCc3ccccc3OC)C2)n1. The Labute approximate surface area is 179 Å². The lowest BCUT2D eigenvalue weighted by molar-refractivity contribution is -0.132. The molecule has 1 aliphatic heterocycles. The lowest BCUT2D eigenvalue weighted by Crippen LogP contribution is -2.39. The first-order valence-electron chi connectivity index (χ1n) is 10.6. The summed E-state index contributed by atoms with van der Waals surface area (Å²) in [6.45, 7) is 2.18. The van der Waals surface area contributed by atoms with Crippen LogP contribution in [0.5, 0.6) is 5.75 Å². The van der Waals surface area contributed by atoms with Crippen molar-refractivity contribution < 1.29 is 9.53 Å². The number of hydrogen-bond donors (Lipinski definition) is 1. The molecule has 1 saturated heterocycles. The fourth-order valence-electron chi connectivity index (χ4n) is 3.91. The standard InChI is InChI=1S/C23H33N5O2/c1-24-15-19-14-21(27(2)3)26-23(25-19)18-9-7-13-28(16-18)22(29)12-11-17-8-5-6-10-20(17)30-4/h5-6,8,10,14,18,24H,7,9,11-13,15-16H2,1-4H3/t18-/m0/s1. The van der Waals surface area contributed by atoms with Crippen molar-refractivity contribution in [3.05, 3.63) is 47.4 Å². The summed E-state index contributed by atoms with van der Waals surface area (Å²) < 4.78 is 5.41. The Hall–Kier alpha value is -2.67. The van der Waals surface area contributed by atoms with E-state index in [0.717, 1.165) is 48.0 Å². The van der Waals surface area contributed by atoms with Crippen LogP contribution < -0.4 is 15.0 Å². The fourth-order valence-corrected chi connectivity index (χ4v) is 3.91. The molecule has 0 radical (unpaired) electrons. The van der Waals surface area contributed by atoms with E-state index in [9.17, 15) is 4.79 Å². The molecule has 7 nitrogen and oxygen atoms in total. The van der Waals surface area contributed by atoms with Crippen molar-refractivity contribution in [3.8, 4) is 5.75 Å². The van der Waals surface area contributed by atoms with Gasteiger partial charge in [-0.2, -0.15) is 0 Å². The average molecular weight is 412 g/mol. The van der Waals surface area contributed by atoms with Gasteiger partial charge in [-0.25, -0.2) is 9.97 Å². The maximum atomic E-state index is 12.9. The highest BCUT2D eigenvalue weighted by atomic mass is 16.5. The molecule has 0 bridgehead atoms. The number of carbonyl (C=O) groups excluding carboxylic acids is 1. The van der Waals surface area contributed by atoms with Crippen molar-refractivity contribution in [2.24, 2.45) is 0 Å². The van der Waals surface area contributed by atoms with E-state index < -0.39 is 0 Å². The molecule has 3 rings (SSSR count). The average Bonchev–Trinajstić information content (AvgIpc) is 2.77. The van der Waals surface area contributed by atoms with Crippen molar-refractivity contribution in [1.29, 1.82) is 0 Å². The van der Waals surface area contributed by atoms with E-state index in [1.54, 1.807) is 7.11 Å². The number of amides is 1. The third kappa shape index (κ3) is 5.48. The number of carbonyl (C=O) groups is 1. The minimum atomic E-state index is 0.171. The molecule has 1 fully saturated rings. The zero-order chi connectivity index (χ0) is 21.5. The number of ether oxygens (including phenoxy) is 1. The number of nitrogens with one attached hydrogen (secondary N) is 1. The van der Waals surface area contributed by atoms with E-state index >= 15 is 0 Å². The van der Waals surface area contributed by atoms with Gasteiger partial charge in [-0.15, -0.1) is 0 Å². The Morgan fingerprint density at radius 1 is 1.30 bits per heavy atom. The molecule has 1 amide bonds. The van der Waals surface area contributed by atoms with E-state index in [0.29, 0.717) is 25.9 Å². The molecule has 1 atom stereocenters. The van der Waals surface area contributed by atoms with Crippen LogP contribution in [0, 0.1) is 0 Å².